The van der Waals surface area contributed by atoms with Crippen molar-refractivity contribution in [2.75, 3.05) is 0 Å². The van der Waals surface area contributed by atoms with Gasteiger partial charge in [-0.05, 0) is 60.7 Å². The lowest BCUT2D eigenvalue weighted by Crippen LogP contribution is -1.94. The molecular formula is C24H25N5. The first-order valence-corrected chi connectivity index (χ1v) is 10.0. The predicted octanol–water partition coefficient (Wildman–Crippen LogP) is 4.69. The van der Waals surface area contributed by atoms with Crippen molar-refractivity contribution in [3.05, 3.63) is 119 Å². The van der Waals surface area contributed by atoms with E-state index in [1.807, 2.05) is 24.5 Å². The van der Waals surface area contributed by atoms with E-state index >= 15 is 0 Å². The van der Waals surface area contributed by atoms with Crippen molar-refractivity contribution >= 4 is 0 Å². The zero-order valence-corrected chi connectivity index (χ0v) is 16.3. The fourth-order valence-corrected chi connectivity index (χ4v) is 3.87. The van der Waals surface area contributed by atoms with Crippen molar-refractivity contribution in [1.29, 1.82) is 0 Å². The summed E-state index contributed by atoms with van der Waals surface area (Å²) in [6, 6.07) is 21.4. The Bertz CT molecular complexity index is 1060. The molecule has 5 aromatic heterocycles. The molecule has 0 unspecified atom stereocenters. The molecule has 0 atom stereocenters. The molecule has 29 heavy (non-hydrogen) atoms. The van der Waals surface area contributed by atoms with Crippen LogP contribution in [0, 0.1) is 0 Å². The smallest absolute Gasteiger partial charge is 0.0278 e. The van der Waals surface area contributed by atoms with Crippen molar-refractivity contribution in [1.82, 2.24) is 24.9 Å². The van der Waals surface area contributed by atoms with Crippen molar-refractivity contribution in [2.24, 2.45) is 0 Å². The Kier molecular flexibility index (Phi) is 4.70. The number of nitrogens with one attached hydrogen (secondary N) is 5. The Hall–Kier alpha value is -3.60. The molecule has 0 aliphatic carbocycles. The van der Waals surface area contributed by atoms with Gasteiger partial charge in [-0.25, -0.2) is 0 Å². The van der Waals surface area contributed by atoms with Crippen LogP contribution in [0.4, 0.5) is 0 Å². The molecule has 0 fully saturated rings. The molecule has 5 heteroatoms. The maximum absolute atomic E-state index is 3.57. The number of rotatable bonds is 8. The second-order valence-corrected chi connectivity index (χ2v) is 7.62. The van der Waals surface area contributed by atoms with Gasteiger partial charge >= 0.3 is 0 Å². The number of hydrogen-bond acceptors (Lipinski definition) is 0. The van der Waals surface area contributed by atoms with Gasteiger partial charge in [0.1, 0.15) is 0 Å². The quantitative estimate of drug-likeness (QED) is 0.258. The summed E-state index contributed by atoms with van der Waals surface area (Å²) < 4.78 is 0. The summed E-state index contributed by atoms with van der Waals surface area (Å²) in [5.74, 6) is 0. The van der Waals surface area contributed by atoms with Gasteiger partial charge in [0, 0.05) is 83.6 Å². The third-order valence-corrected chi connectivity index (χ3v) is 5.27. The van der Waals surface area contributed by atoms with Crippen molar-refractivity contribution in [2.45, 2.75) is 25.7 Å². The highest BCUT2D eigenvalue weighted by Gasteiger charge is 2.07. The number of H-pyrrole nitrogens is 5. The first-order valence-electron chi connectivity index (χ1n) is 10.0. The lowest BCUT2D eigenvalue weighted by Gasteiger charge is -1.99. The molecule has 146 valence electrons. The summed E-state index contributed by atoms with van der Waals surface area (Å²) in [7, 11) is 0. The van der Waals surface area contributed by atoms with Gasteiger partial charge in [0.05, 0.1) is 0 Å². The topological polar surface area (TPSA) is 78.9 Å². The van der Waals surface area contributed by atoms with E-state index in [1.54, 1.807) is 0 Å². The minimum Gasteiger partial charge on any atom is -0.365 e. The highest BCUT2D eigenvalue weighted by atomic mass is 14.8. The molecule has 5 heterocycles. The Balaban J connectivity index is 1.19. The van der Waals surface area contributed by atoms with E-state index in [4.69, 9.17) is 0 Å². The fourth-order valence-electron chi connectivity index (χ4n) is 3.87. The first kappa shape index (κ1) is 17.5. The molecule has 5 N–H and O–H groups in total. The predicted molar refractivity (Wildman–Crippen MR) is 115 cm³/mol. The molecule has 0 saturated carbocycles. The number of aromatic amines is 5. The van der Waals surface area contributed by atoms with Crippen LogP contribution in [-0.4, -0.2) is 24.9 Å². The highest BCUT2D eigenvalue weighted by molar-refractivity contribution is 5.27. The Morgan fingerprint density at radius 2 is 0.690 bits per heavy atom. The molecule has 0 amide bonds. The highest BCUT2D eigenvalue weighted by Crippen LogP contribution is 2.15. The standard InChI is InChI=1S/C24H25N5/c1-3-17(25-11-1)13-19-5-7-21(27-19)15-23-9-10-24(29-23)16-22-8-6-20(28-22)14-18-4-2-12-26-18/h1-12,25-29H,13-16H2. The van der Waals surface area contributed by atoms with Gasteiger partial charge < -0.3 is 24.9 Å². The van der Waals surface area contributed by atoms with E-state index in [-0.39, 0.29) is 0 Å². The van der Waals surface area contributed by atoms with Crippen LogP contribution < -0.4 is 0 Å². The van der Waals surface area contributed by atoms with Crippen LogP contribution in [-0.2, 0) is 25.7 Å². The van der Waals surface area contributed by atoms with Crippen molar-refractivity contribution < 1.29 is 0 Å². The SMILES string of the molecule is c1c[nH]c(Cc2ccc(Cc3ccc(Cc4ccc(Cc5ccc[nH]5)[nH]4)[nH]3)[nH]2)c1. The normalized spacial score (nSPS) is 11.3. The molecule has 0 saturated heterocycles. The summed E-state index contributed by atoms with van der Waals surface area (Å²) in [6.07, 6.45) is 7.50. The summed E-state index contributed by atoms with van der Waals surface area (Å²) in [5, 5.41) is 0. The van der Waals surface area contributed by atoms with Crippen LogP contribution in [0.3, 0.4) is 0 Å². The zero-order chi connectivity index (χ0) is 19.5. The van der Waals surface area contributed by atoms with E-state index in [0.717, 1.165) is 25.7 Å². The molecule has 5 rings (SSSR count). The van der Waals surface area contributed by atoms with Crippen LogP contribution in [0.5, 0.6) is 0 Å². The van der Waals surface area contributed by atoms with Crippen LogP contribution in [0.25, 0.3) is 0 Å². The van der Waals surface area contributed by atoms with Crippen LogP contribution in [0.1, 0.15) is 45.6 Å². The average Bonchev–Trinajstić information content (AvgIpc) is 3.51. The molecule has 0 radical (unpaired) electrons. The van der Waals surface area contributed by atoms with Gasteiger partial charge in [0.15, 0.2) is 0 Å². The second kappa shape index (κ2) is 7.80. The molecular weight excluding hydrogens is 358 g/mol. The first-order chi connectivity index (χ1) is 14.3. The Morgan fingerprint density at radius 3 is 0.966 bits per heavy atom. The largest absolute Gasteiger partial charge is 0.365 e. The average molecular weight is 383 g/mol. The van der Waals surface area contributed by atoms with E-state index in [2.05, 4.69) is 73.5 Å². The Morgan fingerprint density at radius 1 is 0.379 bits per heavy atom. The summed E-state index contributed by atoms with van der Waals surface area (Å²) in [4.78, 5) is 17.1. The van der Waals surface area contributed by atoms with Gasteiger partial charge in [-0.1, -0.05) is 0 Å². The summed E-state index contributed by atoms with van der Waals surface area (Å²) >= 11 is 0. The van der Waals surface area contributed by atoms with E-state index in [9.17, 15) is 0 Å². The minimum atomic E-state index is 0.882. The van der Waals surface area contributed by atoms with Crippen LogP contribution in [0.2, 0.25) is 0 Å². The fraction of sp³-hybridized carbons (Fsp3) is 0.167. The van der Waals surface area contributed by atoms with Crippen LogP contribution in [0.15, 0.2) is 73.1 Å². The molecule has 0 aliphatic rings. The van der Waals surface area contributed by atoms with Gasteiger partial charge in [0.2, 0.25) is 0 Å². The van der Waals surface area contributed by atoms with Gasteiger partial charge in [-0.3, -0.25) is 0 Å². The third-order valence-electron chi connectivity index (χ3n) is 5.27. The number of aromatic nitrogens is 5. The van der Waals surface area contributed by atoms with Crippen molar-refractivity contribution in [3.8, 4) is 0 Å². The molecule has 0 aliphatic heterocycles. The van der Waals surface area contributed by atoms with E-state index in [1.165, 1.54) is 45.6 Å². The van der Waals surface area contributed by atoms with Gasteiger partial charge in [-0.15, -0.1) is 0 Å². The lowest BCUT2D eigenvalue weighted by atomic mass is 10.2. The Labute approximate surface area is 169 Å². The molecule has 5 aromatic rings. The maximum Gasteiger partial charge on any atom is 0.0278 e. The summed E-state index contributed by atoms with van der Waals surface area (Å²) in [5.41, 5.74) is 9.83. The third kappa shape index (κ3) is 4.29. The van der Waals surface area contributed by atoms with E-state index in [0.29, 0.717) is 0 Å². The van der Waals surface area contributed by atoms with Crippen LogP contribution >= 0.6 is 0 Å². The van der Waals surface area contributed by atoms with Crippen molar-refractivity contribution in [3.63, 3.8) is 0 Å². The summed E-state index contributed by atoms with van der Waals surface area (Å²) in [6.45, 7) is 0. The van der Waals surface area contributed by atoms with E-state index < -0.39 is 0 Å². The van der Waals surface area contributed by atoms with Gasteiger partial charge in [0.25, 0.3) is 0 Å². The minimum absolute atomic E-state index is 0.882. The monoisotopic (exact) mass is 383 g/mol. The van der Waals surface area contributed by atoms with Gasteiger partial charge in [-0.2, -0.15) is 0 Å². The molecule has 5 nitrogen and oxygen atoms in total. The molecule has 0 aromatic carbocycles. The zero-order valence-electron chi connectivity index (χ0n) is 16.3. The second-order valence-electron chi connectivity index (χ2n) is 7.62. The maximum atomic E-state index is 3.57. The molecule has 0 spiro atoms. The molecule has 0 bridgehead atoms. The number of hydrogen-bond donors (Lipinski definition) is 5. The lowest BCUT2D eigenvalue weighted by molar-refractivity contribution is 0.965.